The highest BCUT2D eigenvalue weighted by molar-refractivity contribution is 5.96. The third-order valence-corrected chi connectivity index (χ3v) is 5.73. The molecule has 4 fully saturated rings. The molecule has 106 valence electrons. The molecular weight excluding hydrogens is 253 g/mol. The van der Waals surface area contributed by atoms with Gasteiger partial charge in [0.25, 0.3) is 0 Å². The molecule has 0 saturated heterocycles. The van der Waals surface area contributed by atoms with E-state index in [4.69, 9.17) is 0 Å². The smallest absolute Gasteiger partial charge is 0.165 e. The van der Waals surface area contributed by atoms with Crippen LogP contribution in [0.5, 0.6) is 0 Å². The fraction of sp³-hybridized carbons (Fsp3) is 0.647. The van der Waals surface area contributed by atoms with Crippen molar-refractivity contribution in [2.24, 2.45) is 23.2 Å². The van der Waals surface area contributed by atoms with Crippen molar-refractivity contribution < 1.29 is 9.18 Å². The van der Waals surface area contributed by atoms with Crippen LogP contribution in [0.4, 0.5) is 4.39 Å². The molecule has 0 N–H and O–H groups in total. The van der Waals surface area contributed by atoms with Crippen LogP contribution in [0.3, 0.4) is 0 Å². The Morgan fingerprint density at radius 3 is 2.30 bits per heavy atom. The van der Waals surface area contributed by atoms with E-state index in [2.05, 4.69) is 4.98 Å². The second kappa shape index (κ2) is 4.37. The van der Waals surface area contributed by atoms with Gasteiger partial charge in [0.15, 0.2) is 5.78 Å². The molecule has 0 amide bonds. The van der Waals surface area contributed by atoms with Crippen LogP contribution in [0.25, 0.3) is 0 Å². The van der Waals surface area contributed by atoms with E-state index < -0.39 is 5.82 Å². The Balaban J connectivity index is 1.55. The Kier molecular flexibility index (Phi) is 2.73. The maximum absolute atomic E-state index is 13.2. The van der Waals surface area contributed by atoms with Gasteiger partial charge >= 0.3 is 0 Å². The minimum Gasteiger partial charge on any atom is -0.294 e. The van der Waals surface area contributed by atoms with Gasteiger partial charge in [-0.05, 0) is 67.8 Å². The molecule has 0 spiro atoms. The van der Waals surface area contributed by atoms with Crippen molar-refractivity contribution in [3.05, 3.63) is 29.8 Å². The molecule has 0 unspecified atom stereocenters. The Hall–Kier alpha value is -1.25. The van der Waals surface area contributed by atoms with Gasteiger partial charge in [-0.1, -0.05) is 0 Å². The first-order valence-electron chi connectivity index (χ1n) is 7.76. The van der Waals surface area contributed by atoms with Crippen LogP contribution in [0, 0.1) is 29.0 Å². The normalized spacial score (nSPS) is 38.1. The summed E-state index contributed by atoms with van der Waals surface area (Å²) in [6.07, 6.45) is 11.1. The summed E-state index contributed by atoms with van der Waals surface area (Å²) in [5.41, 5.74) is 0.666. The maximum Gasteiger partial charge on any atom is 0.165 e. The lowest BCUT2D eigenvalue weighted by Crippen LogP contribution is -2.46. The molecule has 0 aliphatic heterocycles. The summed E-state index contributed by atoms with van der Waals surface area (Å²) < 4.78 is 13.2. The van der Waals surface area contributed by atoms with Crippen LogP contribution < -0.4 is 0 Å². The number of halogens is 1. The van der Waals surface area contributed by atoms with Crippen LogP contribution in [0.2, 0.25) is 0 Å². The standard InChI is InChI=1S/C17H20FNO/c18-15-4-14(9-19-10-15)16(20)8-17-5-11-1-12(6-17)3-13(2-11)7-17/h4,9-13H,1-3,5-8H2. The summed E-state index contributed by atoms with van der Waals surface area (Å²) >= 11 is 0. The highest BCUT2D eigenvalue weighted by Gasteiger charge is 2.51. The van der Waals surface area contributed by atoms with Gasteiger partial charge in [0.05, 0.1) is 6.20 Å². The van der Waals surface area contributed by atoms with Crippen molar-refractivity contribution in [2.45, 2.75) is 44.9 Å². The van der Waals surface area contributed by atoms with Gasteiger partial charge in [0, 0.05) is 18.2 Å². The van der Waals surface area contributed by atoms with Gasteiger partial charge in [-0.2, -0.15) is 0 Å². The molecule has 3 heteroatoms. The zero-order valence-corrected chi connectivity index (χ0v) is 11.6. The summed E-state index contributed by atoms with van der Waals surface area (Å²) in [4.78, 5) is 16.3. The minimum atomic E-state index is -0.415. The summed E-state index contributed by atoms with van der Waals surface area (Å²) in [5.74, 6) is 2.21. The molecule has 0 aromatic carbocycles. The van der Waals surface area contributed by atoms with Crippen LogP contribution in [0.1, 0.15) is 55.3 Å². The molecule has 1 aromatic heterocycles. The maximum atomic E-state index is 13.2. The minimum absolute atomic E-state index is 0.0824. The average molecular weight is 273 g/mol. The first kappa shape index (κ1) is 12.5. The van der Waals surface area contributed by atoms with E-state index in [0.717, 1.165) is 24.0 Å². The lowest BCUT2D eigenvalue weighted by molar-refractivity contribution is -0.0524. The SMILES string of the molecule is O=C(CC12CC3CC(CC(C3)C1)C2)c1cncc(F)c1. The number of hydrogen-bond donors (Lipinski definition) is 0. The second-order valence-corrected chi connectivity index (χ2v) is 7.41. The van der Waals surface area contributed by atoms with Crippen LogP contribution >= 0.6 is 0 Å². The lowest BCUT2D eigenvalue weighted by Gasteiger charge is -2.56. The van der Waals surface area contributed by atoms with E-state index in [9.17, 15) is 9.18 Å². The van der Waals surface area contributed by atoms with E-state index in [1.807, 2.05) is 0 Å². The monoisotopic (exact) mass is 273 g/mol. The predicted molar refractivity (Wildman–Crippen MR) is 73.7 cm³/mol. The number of ketones is 1. The number of aromatic nitrogens is 1. The molecule has 4 aliphatic rings. The second-order valence-electron chi connectivity index (χ2n) is 7.41. The molecule has 4 saturated carbocycles. The average Bonchev–Trinajstić information content (AvgIpc) is 2.36. The summed E-state index contributed by atoms with van der Waals surface area (Å²) in [6, 6.07) is 1.33. The fourth-order valence-corrected chi connectivity index (χ4v) is 5.51. The van der Waals surface area contributed by atoms with Gasteiger partial charge in [0.1, 0.15) is 5.82 Å². The summed E-state index contributed by atoms with van der Waals surface area (Å²) in [6.45, 7) is 0. The number of carbonyl (C=O) groups is 1. The molecule has 2 nitrogen and oxygen atoms in total. The van der Waals surface area contributed by atoms with E-state index in [1.165, 1.54) is 50.8 Å². The van der Waals surface area contributed by atoms with E-state index in [0.29, 0.717) is 12.0 Å². The van der Waals surface area contributed by atoms with E-state index >= 15 is 0 Å². The van der Waals surface area contributed by atoms with Crippen LogP contribution in [0.15, 0.2) is 18.5 Å². The van der Waals surface area contributed by atoms with Gasteiger partial charge in [-0.25, -0.2) is 4.39 Å². The molecule has 4 aliphatic carbocycles. The van der Waals surface area contributed by atoms with Crippen molar-refractivity contribution >= 4 is 5.78 Å². The third-order valence-electron chi connectivity index (χ3n) is 5.73. The summed E-state index contributed by atoms with van der Waals surface area (Å²) in [5, 5.41) is 0. The van der Waals surface area contributed by atoms with E-state index in [-0.39, 0.29) is 11.2 Å². The first-order valence-corrected chi connectivity index (χ1v) is 7.76. The quantitative estimate of drug-likeness (QED) is 0.779. The molecule has 5 rings (SSSR count). The van der Waals surface area contributed by atoms with Gasteiger partial charge < -0.3 is 0 Å². The Labute approximate surface area is 118 Å². The summed E-state index contributed by atoms with van der Waals surface area (Å²) in [7, 11) is 0. The Bertz CT molecular complexity index is 518. The number of carbonyl (C=O) groups excluding carboxylic acids is 1. The number of pyridine rings is 1. The topological polar surface area (TPSA) is 30.0 Å². The molecule has 20 heavy (non-hydrogen) atoms. The first-order chi connectivity index (χ1) is 9.62. The Morgan fingerprint density at radius 2 is 1.75 bits per heavy atom. The molecule has 4 bridgehead atoms. The highest BCUT2D eigenvalue weighted by atomic mass is 19.1. The molecule has 1 aromatic rings. The largest absolute Gasteiger partial charge is 0.294 e. The van der Waals surface area contributed by atoms with Crippen LogP contribution in [-0.4, -0.2) is 10.8 Å². The van der Waals surface area contributed by atoms with Gasteiger partial charge in [-0.15, -0.1) is 0 Å². The highest BCUT2D eigenvalue weighted by Crippen LogP contribution is 2.61. The zero-order chi connectivity index (χ0) is 13.7. The molecule has 1 heterocycles. The van der Waals surface area contributed by atoms with Crippen molar-refractivity contribution in [2.75, 3.05) is 0 Å². The number of rotatable bonds is 3. The molecular formula is C17H20FNO. The molecule has 0 atom stereocenters. The fourth-order valence-electron chi connectivity index (χ4n) is 5.51. The van der Waals surface area contributed by atoms with Gasteiger partial charge in [0.2, 0.25) is 0 Å². The van der Waals surface area contributed by atoms with Crippen molar-refractivity contribution in [3.8, 4) is 0 Å². The van der Waals surface area contributed by atoms with Gasteiger partial charge in [-0.3, -0.25) is 9.78 Å². The third kappa shape index (κ3) is 2.07. The zero-order valence-electron chi connectivity index (χ0n) is 11.6. The van der Waals surface area contributed by atoms with Crippen LogP contribution in [-0.2, 0) is 0 Å². The Morgan fingerprint density at radius 1 is 1.15 bits per heavy atom. The van der Waals surface area contributed by atoms with E-state index in [1.54, 1.807) is 0 Å². The van der Waals surface area contributed by atoms with Crippen molar-refractivity contribution in [3.63, 3.8) is 0 Å². The number of nitrogens with zero attached hydrogens (tertiary/aromatic N) is 1. The lowest BCUT2D eigenvalue weighted by atomic mass is 9.48. The number of hydrogen-bond acceptors (Lipinski definition) is 2. The predicted octanol–water partition coefficient (Wildman–Crippen LogP) is 4.01. The molecule has 0 radical (unpaired) electrons. The van der Waals surface area contributed by atoms with Crippen molar-refractivity contribution in [1.29, 1.82) is 0 Å². The number of Topliss-reactive ketones (excluding diaryl/α,β-unsaturated/α-hetero) is 1. The van der Waals surface area contributed by atoms with Crippen molar-refractivity contribution in [1.82, 2.24) is 4.98 Å².